The highest BCUT2D eigenvalue weighted by Gasteiger charge is 2.37. The largest absolute Gasteiger partial charge is 0.500 e. The summed E-state index contributed by atoms with van der Waals surface area (Å²) < 4.78 is 33.0. The zero-order valence-corrected chi connectivity index (χ0v) is 30.0. The molecule has 0 aliphatic heterocycles. The van der Waals surface area contributed by atoms with Crippen molar-refractivity contribution in [3.63, 3.8) is 0 Å². The Morgan fingerprint density at radius 3 is 0.850 bits per heavy atom. The van der Waals surface area contributed by atoms with Gasteiger partial charge in [-0.15, -0.1) is 0 Å². The van der Waals surface area contributed by atoms with Gasteiger partial charge in [0.05, 0.1) is 0 Å². The Morgan fingerprint density at radius 2 is 0.600 bits per heavy atom. The third-order valence-electron chi connectivity index (χ3n) is 8.75. The Morgan fingerprint density at radius 1 is 0.350 bits per heavy atom. The summed E-state index contributed by atoms with van der Waals surface area (Å²) in [4.78, 5) is 0. The van der Waals surface area contributed by atoms with E-state index in [4.69, 9.17) is 26.6 Å². The van der Waals surface area contributed by atoms with E-state index in [-0.39, 0.29) is 0 Å². The molecule has 0 radical (unpaired) electrons. The van der Waals surface area contributed by atoms with E-state index in [0.717, 1.165) is 30.8 Å². The fraction of sp³-hybridized carbons (Fsp3) is 1.00. The predicted molar refractivity (Wildman–Crippen MR) is 174 cm³/mol. The molecule has 242 valence electrons. The van der Waals surface area contributed by atoms with E-state index in [0.29, 0.717) is 0 Å². The second-order valence-corrected chi connectivity index (χ2v) is 17.9. The summed E-state index contributed by atoms with van der Waals surface area (Å²) in [5.74, 6) is 0.967. The minimum Gasteiger partial charge on any atom is -0.377 e. The molecule has 0 unspecified atom stereocenters. The Balaban J connectivity index is 3.62. The van der Waals surface area contributed by atoms with E-state index >= 15 is 0 Å². The molecule has 0 saturated heterocycles. The van der Waals surface area contributed by atoms with E-state index in [1.165, 1.54) is 128 Å². The van der Waals surface area contributed by atoms with Gasteiger partial charge in [0.2, 0.25) is 0 Å². The van der Waals surface area contributed by atoms with Gasteiger partial charge in [-0.3, -0.25) is 0 Å². The first-order chi connectivity index (χ1) is 19.5. The number of hydrogen-bond acceptors (Lipinski definition) is 6. The molecule has 0 aromatic rings. The molecule has 0 aromatic heterocycles. The van der Waals surface area contributed by atoms with Gasteiger partial charge >= 0.3 is 17.6 Å². The number of unbranched alkanes of at least 4 members (excludes halogenated alkanes) is 16. The average Bonchev–Trinajstić information content (AvgIpc) is 2.99. The molecule has 0 N–H and O–H groups in total. The van der Waals surface area contributed by atoms with Gasteiger partial charge in [0.25, 0.3) is 0 Å². The van der Waals surface area contributed by atoms with E-state index in [2.05, 4.69) is 6.92 Å². The van der Waals surface area contributed by atoms with E-state index < -0.39 is 17.6 Å². The summed E-state index contributed by atoms with van der Waals surface area (Å²) in [6, 6.07) is 1.86. The fourth-order valence-corrected chi connectivity index (χ4v) is 9.57. The van der Waals surface area contributed by atoms with E-state index in [1.54, 1.807) is 42.7 Å². The van der Waals surface area contributed by atoms with Crippen molar-refractivity contribution in [2.45, 2.75) is 160 Å². The lowest BCUT2D eigenvalue weighted by molar-refractivity contribution is 0.122. The van der Waals surface area contributed by atoms with Crippen LogP contribution in [0.25, 0.3) is 0 Å². The third-order valence-corrected chi connectivity index (χ3v) is 14.4. The molecule has 0 fully saturated rings. The first-order valence-electron chi connectivity index (χ1n) is 16.8. The molecule has 0 rings (SSSR count). The van der Waals surface area contributed by atoms with Crippen molar-refractivity contribution in [3.05, 3.63) is 0 Å². The molecule has 0 aliphatic rings. The smallest absolute Gasteiger partial charge is 0.377 e. The Kier molecular flexibility index (Phi) is 28.1. The zero-order chi connectivity index (χ0) is 29.8. The van der Waals surface area contributed by atoms with Crippen LogP contribution in [0.15, 0.2) is 0 Å². The van der Waals surface area contributed by atoms with Crippen LogP contribution in [0.5, 0.6) is 0 Å². The summed E-state index contributed by atoms with van der Waals surface area (Å²) >= 11 is 0. The van der Waals surface area contributed by atoms with Gasteiger partial charge in [-0.25, -0.2) is 0 Å². The highest BCUT2D eigenvalue weighted by atomic mass is 28.4. The van der Waals surface area contributed by atoms with Gasteiger partial charge < -0.3 is 26.6 Å². The second kappa shape index (κ2) is 28.0. The van der Waals surface area contributed by atoms with Crippen molar-refractivity contribution in [1.82, 2.24) is 0 Å². The van der Waals surface area contributed by atoms with Crippen molar-refractivity contribution in [3.8, 4) is 0 Å². The minimum absolute atomic E-state index is 0.929. The fourth-order valence-electron chi connectivity index (χ4n) is 5.98. The van der Waals surface area contributed by atoms with Gasteiger partial charge in [-0.1, -0.05) is 135 Å². The zero-order valence-electron chi connectivity index (χ0n) is 28.0. The second-order valence-electron chi connectivity index (χ2n) is 11.7. The topological polar surface area (TPSA) is 55.4 Å². The molecule has 0 bridgehead atoms. The molecule has 0 aromatic carbocycles. The van der Waals surface area contributed by atoms with Crippen molar-refractivity contribution in [1.29, 1.82) is 0 Å². The molecule has 0 amide bonds. The van der Waals surface area contributed by atoms with Gasteiger partial charge in [-0.2, -0.15) is 0 Å². The molecule has 0 atom stereocenters. The quantitative estimate of drug-likeness (QED) is 0.0561. The van der Waals surface area contributed by atoms with Gasteiger partial charge in [0.15, 0.2) is 0 Å². The molecule has 6 nitrogen and oxygen atoms in total. The van der Waals surface area contributed by atoms with Gasteiger partial charge in [0.1, 0.15) is 0 Å². The van der Waals surface area contributed by atoms with Crippen LogP contribution >= 0.6 is 0 Å². The molecular formula is C32H70O6Si2. The monoisotopic (exact) mass is 606 g/mol. The van der Waals surface area contributed by atoms with Gasteiger partial charge in [0, 0.05) is 54.7 Å². The SMILES string of the molecule is CCCC(CCCCCCCCCCC[Si](OC)(OC)OC)CCCCCCCCCCC[Si](OC)(OC)OC. The van der Waals surface area contributed by atoms with Crippen LogP contribution in [0.4, 0.5) is 0 Å². The van der Waals surface area contributed by atoms with Crippen LogP contribution in [-0.2, 0) is 26.6 Å². The maximum Gasteiger partial charge on any atom is 0.500 e. The van der Waals surface area contributed by atoms with E-state index in [9.17, 15) is 0 Å². The number of rotatable bonds is 32. The number of hydrogen-bond donors (Lipinski definition) is 0. The van der Waals surface area contributed by atoms with Crippen LogP contribution < -0.4 is 0 Å². The first-order valence-corrected chi connectivity index (χ1v) is 20.7. The predicted octanol–water partition coefficient (Wildman–Crippen LogP) is 9.96. The molecule has 0 aliphatic carbocycles. The summed E-state index contributed by atoms with van der Waals surface area (Å²) in [5.41, 5.74) is 0. The summed E-state index contributed by atoms with van der Waals surface area (Å²) in [6.07, 6.45) is 30.0. The Labute approximate surface area is 252 Å². The lowest BCUT2D eigenvalue weighted by Crippen LogP contribution is -2.42. The lowest BCUT2D eigenvalue weighted by Gasteiger charge is -2.24. The average molecular weight is 607 g/mol. The summed E-state index contributed by atoms with van der Waals surface area (Å²) in [5, 5.41) is 0. The van der Waals surface area contributed by atoms with E-state index in [1.807, 2.05) is 0 Å². The lowest BCUT2D eigenvalue weighted by atomic mass is 9.90. The Hall–Kier alpha value is 0.194. The molecule has 0 saturated carbocycles. The summed E-state index contributed by atoms with van der Waals surface area (Å²) in [7, 11) is 5.51. The highest BCUT2D eigenvalue weighted by molar-refractivity contribution is 6.60. The molecule has 8 heteroatoms. The van der Waals surface area contributed by atoms with Crippen molar-refractivity contribution in [2.75, 3.05) is 42.7 Å². The minimum atomic E-state index is -2.36. The maximum atomic E-state index is 5.51. The Bertz CT molecular complexity index is 459. The highest BCUT2D eigenvalue weighted by Crippen LogP contribution is 2.24. The van der Waals surface area contributed by atoms with Gasteiger partial charge in [-0.05, 0) is 18.8 Å². The van der Waals surface area contributed by atoms with Crippen molar-refractivity contribution in [2.24, 2.45) is 5.92 Å². The normalized spacial score (nSPS) is 12.6. The molecule has 40 heavy (non-hydrogen) atoms. The first kappa shape index (κ1) is 40.2. The van der Waals surface area contributed by atoms with Crippen molar-refractivity contribution >= 4 is 17.6 Å². The third kappa shape index (κ3) is 20.2. The maximum absolute atomic E-state index is 5.51. The standard InChI is InChI=1S/C32H70O6Si2/c1-8-27-32(28-23-19-15-11-9-13-17-21-25-30-39(33-2,34-3)35-4)29-24-20-16-12-10-14-18-22-26-31-40(36-5,37-6)38-7/h32H,8-31H2,1-7H3. The van der Waals surface area contributed by atoms with Crippen LogP contribution in [0, 0.1) is 5.92 Å². The van der Waals surface area contributed by atoms with Crippen LogP contribution in [0.3, 0.4) is 0 Å². The van der Waals surface area contributed by atoms with Crippen LogP contribution in [-0.4, -0.2) is 60.3 Å². The summed E-state index contributed by atoms with van der Waals surface area (Å²) in [6.45, 7) is 2.36. The molecule has 0 spiro atoms. The van der Waals surface area contributed by atoms with Crippen LogP contribution in [0.2, 0.25) is 12.1 Å². The van der Waals surface area contributed by atoms with Crippen LogP contribution in [0.1, 0.15) is 148 Å². The van der Waals surface area contributed by atoms with Crippen molar-refractivity contribution < 1.29 is 26.6 Å². The molecular weight excluding hydrogens is 537 g/mol. The molecule has 0 heterocycles.